The number of amides is 1. The molecule has 0 aromatic heterocycles. The van der Waals surface area contributed by atoms with Crippen LogP contribution in [0.5, 0.6) is 5.75 Å². The number of aryl methyl sites for hydroxylation is 2. The SMILES string of the molecule is CC.CN=C(/C=C\N(C=O)CCC(F)(CO)OC)Oc1c(C)cccc1C. The highest BCUT2D eigenvalue weighted by atomic mass is 19.2. The number of hydrogen-bond donors (Lipinski definition) is 1. The highest BCUT2D eigenvalue weighted by Gasteiger charge is 2.28. The second-order valence-corrected chi connectivity index (χ2v) is 5.54. The molecule has 0 saturated carbocycles. The van der Waals surface area contributed by atoms with Crippen molar-refractivity contribution in [3.8, 4) is 5.75 Å². The van der Waals surface area contributed by atoms with Gasteiger partial charge in [0.25, 0.3) is 0 Å². The fourth-order valence-corrected chi connectivity index (χ4v) is 2.08. The molecule has 0 radical (unpaired) electrons. The molecule has 1 aromatic rings. The van der Waals surface area contributed by atoms with Crippen molar-refractivity contribution in [2.45, 2.75) is 40.0 Å². The molecule has 0 aliphatic rings. The average Bonchev–Trinajstić information content (AvgIpc) is 2.70. The van der Waals surface area contributed by atoms with Crippen LogP contribution in [-0.2, 0) is 9.53 Å². The van der Waals surface area contributed by atoms with E-state index in [1.807, 2.05) is 45.9 Å². The predicted octanol–water partition coefficient (Wildman–Crippen LogP) is 3.40. The Morgan fingerprint density at radius 1 is 1.33 bits per heavy atom. The van der Waals surface area contributed by atoms with E-state index in [0.29, 0.717) is 18.1 Å². The summed E-state index contributed by atoms with van der Waals surface area (Å²) in [7, 11) is 2.74. The van der Waals surface area contributed by atoms with E-state index in [0.717, 1.165) is 18.2 Å². The number of aliphatic hydroxyl groups is 1. The zero-order chi connectivity index (χ0) is 20.9. The molecule has 27 heavy (non-hydrogen) atoms. The van der Waals surface area contributed by atoms with Crippen LogP contribution >= 0.6 is 0 Å². The Labute approximate surface area is 161 Å². The number of carbonyl (C=O) groups is 1. The van der Waals surface area contributed by atoms with Crippen molar-refractivity contribution < 1.29 is 23.8 Å². The van der Waals surface area contributed by atoms with Gasteiger partial charge in [0.1, 0.15) is 12.4 Å². The van der Waals surface area contributed by atoms with Crippen LogP contribution in [-0.4, -0.2) is 55.5 Å². The van der Waals surface area contributed by atoms with Crippen LogP contribution in [0.25, 0.3) is 0 Å². The summed E-state index contributed by atoms with van der Waals surface area (Å²) in [6.45, 7) is 7.11. The topological polar surface area (TPSA) is 71.4 Å². The third-order valence-electron chi connectivity index (χ3n) is 3.73. The second kappa shape index (κ2) is 13.0. The average molecular weight is 382 g/mol. The largest absolute Gasteiger partial charge is 0.439 e. The van der Waals surface area contributed by atoms with E-state index < -0.39 is 12.5 Å². The number of benzene rings is 1. The number of para-hydroxylation sites is 1. The molecule has 1 aromatic carbocycles. The lowest BCUT2D eigenvalue weighted by Gasteiger charge is -2.23. The molecule has 0 bridgehead atoms. The van der Waals surface area contributed by atoms with E-state index in [1.54, 1.807) is 7.05 Å². The van der Waals surface area contributed by atoms with Gasteiger partial charge in [0.05, 0.1) is 0 Å². The summed E-state index contributed by atoms with van der Waals surface area (Å²) in [6.07, 6.45) is 3.35. The Morgan fingerprint density at radius 2 is 1.93 bits per heavy atom. The van der Waals surface area contributed by atoms with E-state index in [-0.39, 0.29) is 13.0 Å². The Kier molecular flexibility index (Phi) is 11.9. The number of aliphatic hydroxyl groups excluding tert-OH is 1. The van der Waals surface area contributed by atoms with E-state index >= 15 is 0 Å². The molecule has 0 aliphatic carbocycles. The third-order valence-corrected chi connectivity index (χ3v) is 3.73. The maximum Gasteiger partial charge on any atom is 0.233 e. The van der Waals surface area contributed by atoms with Gasteiger partial charge in [0, 0.05) is 39.4 Å². The minimum absolute atomic E-state index is 0.0330. The first kappa shape index (κ1) is 24.8. The van der Waals surface area contributed by atoms with Crippen LogP contribution in [0.4, 0.5) is 4.39 Å². The molecule has 0 spiro atoms. The number of carbonyl (C=O) groups excluding carboxylic acids is 1. The molecule has 1 atom stereocenters. The normalized spacial score (nSPS) is 13.6. The summed E-state index contributed by atoms with van der Waals surface area (Å²) < 4.78 is 24.3. The van der Waals surface area contributed by atoms with Crippen molar-refractivity contribution >= 4 is 12.3 Å². The fraction of sp³-hybridized carbons (Fsp3) is 0.500. The van der Waals surface area contributed by atoms with Crippen LogP contribution in [0.1, 0.15) is 31.4 Å². The molecule has 0 saturated heterocycles. The Balaban J connectivity index is 0.00000326. The van der Waals surface area contributed by atoms with Crippen LogP contribution in [0.15, 0.2) is 35.5 Å². The first-order valence-corrected chi connectivity index (χ1v) is 8.84. The highest BCUT2D eigenvalue weighted by Crippen LogP contribution is 2.23. The molecule has 1 unspecified atom stereocenters. The summed E-state index contributed by atoms with van der Waals surface area (Å²) >= 11 is 0. The molecule has 0 fully saturated rings. The first-order valence-electron chi connectivity index (χ1n) is 8.84. The van der Waals surface area contributed by atoms with Gasteiger partial charge in [-0.25, -0.2) is 4.39 Å². The van der Waals surface area contributed by atoms with Crippen LogP contribution in [0, 0.1) is 13.8 Å². The summed E-state index contributed by atoms with van der Waals surface area (Å²) in [5, 5.41) is 8.98. The molecule has 1 amide bonds. The Hall–Kier alpha value is -2.25. The van der Waals surface area contributed by atoms with Crippen molar-refractivity contribution in [2.75, 3.05) is 27.3 Å². The van der Waals surface area contributed by atoms with Gasteiger partial charge in [0.15, 0.2) is 0 Å². The maximum absolute atomic E-state index is 13.9. The smallest absolute Gasteiger partial charge is 0.233 e. The van der Waals surface area contributed by atoms with Gasteiger partial charge in [-0.05, 0) is 25.0 Å². The van der Waals surface area contributed by atoms with E-state index in [1.165, 1.54) is 17.2 Å². The van der Waals surface area contributed by atoms with E-state index in [9.17, 15) is 9.18 Å². The lowest BCUT2D eigenvalue weighted by atomic mass is 10.1. The lowest BCUT2D eigenvalue weighted by Crippen LogP contribution is -2.34. The molecule has 1 rings (SSSR count). The van der Waals surface area contributed by atoms with Gasteiger partial charge in [-0.2, -0.15) is 0 Å². The van der Waals surface area contributed by atoms with Gasteiger partial charge in [-0.15, -0.1) is 0 Å². The van der Waals surface area contributed by atoms with Gasteiger partial charge in [0.2, 0.25) is 18.2 Å². The fourth-order valence-electron chi connectivity index (χ4n) is 2.08. The summed E-state index contributed by atoms with van der Waals surface area (Å²) in [6, 6.07) is 5.79. The zero-order valence-electron chi connectivity index (χ0n) is 17.0. The number of aliphatic imine (C=N–C) groups is 1. The number of rotatable bonds is 9. The molecular weight excluding hydrogens is 351 g/mol. The second-order valence-electron chi connectivity index (χ2n) is 5.54. The number of nitrogens with zero attached hydrogens (tertiary/aromatic N) is 2. The van der Waals surface area contributed by atoms with Crippen LogP contribution in [0.2, 0.25) is 0 Å². The quantitative estimate of drug-likeness (QED) is 0.404. The van der Waals surface area contributed by atoms with Crippen molar-refractivity contribution in [3.63, 3.8) is 0 Å². The van der Waals surface area contributed by atoms with Crippen molar-refractivity contribution in [1.82, 2.24) is 4.90 Å². The van der Waals surface area contributed by atoms with Crippen molar-refractivity contribution in [3.05, 3.63) is 41.6 Å². The van der Waals surface area contributed by atoms with Crippen LogP contribution < -0.4 is 4.74 Å². The standard InChI is InChI=1S/C18H25FN2O4.C2H6/c1-14-6-5-7-15(2)17(14)25-16(20-3)8-10-21(13-23)11-9-18(19,12-22)24-4;1-2/h5-8,10,13,22H,9,11-12H2,1-4H3;1-2H3/b10-8-,20-16?;. The first-order chi connectivity index (χ1) is 12.9. The summed E-state index contributed by atoms with van der Waals surface area (Å²) in [5.74, 6) is -1.16. The molecular formula is C20H31FN2O4. The molecule has 152 valence electrons. The number of halogens is 1. The number of methoxy groups -OCH3 is 1. The van der Waals surface area contributed by atoms with Gasteiger partial charge in [-0.3, -0.25) is 9.79 Å². The van der Waals surface area contributed by atoms with Gasteiger partial charge in [-0.1, -0.05) is 32.0 Å². The lowest BCUT2D eigenvalue weighted by molar-refractivity contribution is -0.157. The Bertz CT molecular complexity index is 608. The minimum Gasteiger partial charge on any atom is -0.439 e. The van der Waals surface area contributed by atoms with E-state index in [4.69, 9.17) is 9.84 Å². The number of hydrogen-bond acceptors (Lipinski definition) is 5. The summed E-state index contributed by atoms with van der Waals surface area (Å²) in [4.78, 5) is 16.4. The predicted molar refractivity (Wildman–Crippen MR) is 106 cm³/mol. The molecule has 0 heterocycles. The van der Waals surface area contributed by atoms with Gasteiger partial charge >= 0.3 is 0 Å². The molecule has 6 nitrogen and oxygen atoms in total. The number of alkyl halides is 1. The van der Waals surface area contributed by atoms with Crippen LogP contribution in [0.3, 0.4) is 0 Å². The highest BCUT2D eigenvalue weighted by molar-refractivity contribution is 5.89. The van der Waals surface area contributed by atoms with E-state index in [2.05, 4.69) is 9.73 Å². The number of ether oxygens (including phenoxy) is 2. The molecule has 1 N–H and O–H groups in total. The maximum atomic E-state index is 13.9. The van der Waals surface area contributed by atoms with Gasteiger partial charge < -0.3 is 19.5 Å². The Morgan fingerprint density at radius 3 is 2.37 bits per heavy atom. The minimum atomic E-state index is -2.18. The third kappa shape index (κ3) is 8.32. The summed E-state index contributed by atoms with van der Waals surface area (Å²) in [5.41, 5.74) is 1.93. The zero-order valence-corrected chi connectivity index (χ0v) is 17.0. The molecule has 7 heteroatoms. The van der Waals surface area contributed by atoms with Crippen molar-refractivity contribution in [2.24, 2.45) is 4.99 Å². The monoisotopic (exact) mass is 382 g/mol. The molecule has 0 aliphatic heterocycles. The van der Waals surface area contributed by atoms with Crippen molar-refractivity contribution in [1.29, 1.82) is 0 Å².